The summed E-state index contributed by atoms with van der Waals surface area (Å²) in [4.78, 5) is 3.82. The van der Waals surface area contributed by atoms with E-state index < -0.39 is 5.41 Å². The molecule has 119 heavy (non-hydrogen) atoms. The molecule has 4 heterocycles. The van der Waals surface area contributed by atoms with Crippen LogP contribution in [0.3, 0.4) is 0 Å². The van der Waals surface area contributed by atoms with Crippen LogP contribution in [-0.2, 0) is 10.8 Å². The van der Waals surface area contributed by atoms with Crippen LogP contribution in [0.1, 0.15) is 52.8 Å². The summed E-state index contributed by atoms with van der Waals surface area (Å²) in [5.74, 6) is 0. The second kappa shape index (κ2) is 27.2. The van der Waals surface area contributed by atoms with E-state index in [2.05, 4.69) is 438 Å². The molecule has 0 fully saturated rings. The first-order chi connectivity index (χ1) is 58.6. The van der Waals surface area contributed by atoms with Crippen LogP contribution >= 0.6 is 0 Å². The van der Waals surface area contributed by atoms with Gasteiger partial charge in [0.2, 0.25) is 0 Å². The van der Waals surface area contributed by atoms with Crippen LogP contribution in [0, 0.1) is 13.5 Å². The molecule has 22 aromatic rings. The maximum absolute atomic E-state index is 7.84. The minimum Gasteiger partial charge on any atom is -0.311 e. The van der Waals surface area contributed by atoms with Crippen molar-refractivity contribution in [3.63, 3.8) is 0 Å². The summed E-state index contributed by atoms with van der Waals surface area (Å²) in [5.41, 5.74) is 38.0. The van der Waals surface area contributed by atoms with Crippen molar-refractivity contribution < 1.29 is 0 Å². The second-order valence-electron chi connectivity index (χ2n) is 32.6. The number of hydrogen-bond donors (Lipinski definition) is 0. The highest BCUT2D eigenvalue weighted by Gasteiger charge is 2.46. The molecule has 2 aliphatic carbocycles. The van der Waals surface area contributed by atoms with Gasteiger partial charge in [0.05, 0.1) is 50.6 Å². The van der Waals surface area contributed by atoms with Crippen LogP contribution in [0.5, 0.6) is 0 Å². The zero-order valence-electron chi connectivity index (χ0n) is 66.0. The molecule has 0 radical (unpaired) electrons. The third-order valence-corrected chi connectivity index (χ3v) is 25.8. The van der Waals surface area contributed by atoms with Crippen LogP contribution in [0.15, 0.2) is 413 Å². The maximum Gasteiger partial charge on any atom is 0.189 e. The normalized spacial score (nSPS) is 13.0. The molecule has 0 saturated carbocycles. The molecule has 5 heteroatoms. The fourth-order valence-electron chi connectivity index (χ4n) is 20.3. The van der Waals surface area contributed by atoms with Crippen LogP contribution in [-0.4, -0.2) is 18.3 Å². The first-order valence-electron chi connectivity index (χ1n) is 41.1. The Morgan fingerprint density at radius 2 is 0.546 bits per heavy atom. The predicted molar refractivity (Wildman–Crippen MR) is 498 cm³/mol. The van der Waals surface area contributed by atoms with E-state index in [1.54, 1.807) is 0 Å². The van der Waals surface area contributed by atoms with Gasteiger partial charge in [-0.2, -0.15) is 0 Å². The number of hydrogen-bond acceptors (Lipinski definition) is 0. The molecule has 24 rings (SSSR count). The number of para-hydroxylation sites is 2. The molecular weight excluding hydrogens is 1440 g/mol. The van der Waals surface area contributed by atoms with Crippen molar-refractivity contribution in [3.8, 4) is 89.5 Å². The lowest BCUT2D eigenvalue weighted by Gasteiger charge is -2.34. The second-order valence-corrected chi connectivity index (χ2v) is 32.6. The summed E-state index contributed by atoms with van der Waals surface area (Å²) >= 11 is 0. The number of fused-ring (bicyclic) bond motifs is 18. The molecule has 0 unspecified atom stereocenters. The fourth-order valence-corrected chi connectivity index (χ4v) is 20.3. The van der Waals surface area contributed by atoms with Gasteiger partial charge in [0.25, 0.3) is 0 Å². The zero-order valence-corrected chi connectivity index (χ0v) is 66.0. The summed E-state index contributed by atoms with van der Waals surface area (Å²) in [5, 5.41) is 9.78. The van der Waals surface area contributed by atoms with Crippen LogP contribution in [0.4, 0.5) is 5.69 Å². The summed E-state index contributed by atoms with van der Waals surface area (Å²) in [6.45, 7) is 14.7. The Hall–Kier alpha value is -15.4. The Balaban J connectivity index is 0.000000142. The highest BCUT2D eigenvalue weighted by molar-refractivity contribution is 6.16. The molecule has 0 atom stereocenters. The third-order valence-electron chi connectivity index (χ3n) is 25.8. The molecule has 4 aromatic heterocycles. The number of benzene rings is 18. The van der Waals surface area contributed by atoms with Gasteiger partial charge < -0.3 is 18.3 Å². The highest BCUT2D eigenvalue weighted by atomic mass is 15.0. The quantitative estimate of drug-likeness (QED) is 0.122. The van der Waals surface area contributed by atoms with Gasteiger partial charge >= 0.3 is 0 Å². The number of rotatable bonds is 10. The van der Waals surface area contributed by atoms with Gasteiger partial charge in [0, 0.05) is 76.8 Å². The van der Waals surface area contributed by atoms with E-state index in [9.17, 15) is 0 Å². The Kier molecular flexibility index (Phi) is 15.8. The molecule has 558 valence electrons. The minimum absolute atomic E-state index is 0.0558. The Bertz CT molecular complexity index is 7880. The van der Waals surface area contributed by atoms with Crippen molar-refractivity contribution in [1.82, 2.24) is 18.3 Å². The van der Waals surface area contributed by atoms with E-state index in [1.807, 2.05) is 18.2 Å². The largest absolute Gasteiger partial charge is 0.311 e. The van der Waals surface area contributed by atoms with Crippen molar-refractivity contribution in [3.05, 3.63) is 463 Å². The van der Waals surface area contributed by atoms with Gasteiger partial charge in [-0.1, -0.05) is 305 Å². The Labute approximate surface area is 690 Å². The summed E-state index contributed by atoms with van der Waals surface area (Å²) < 4.78 is 9.62. The maximum atomic E-state index is 7.84. The van der Waals surface area contributed by atoms with E-state index in [4.69, 9.17) is 6.57 Å². The van der Waals surface area contributed by atoms with Gasteiger partial charge in [-0.05, 0) is 234 Å². The summed E-state index contributed by atoms with van der Waals surface area (Å²) in [6.07, 6.45) is 0. The van der Waals surface area contributed by atoms with E-state index in [0.717, 1.165) is 44.3 Å². The van der Waals surface area contributed by atoms with Gasteiger partial charge in [0.15, 0.2) is 5.69 Å². The van der Waals surface area contributed by atoms with Crippen molar-refractivity contribution in [2.75, 3.05) is 0 Å². The molecule has 0 amide bonds. The first-order valence-corrected chi connectivity index (χ1v) is 41.1. The van der Waals surface area contributed by atoms with Crippen LogP contribution in [0.25, 0.3) is 182 Å². The summed E-state index contributed by atoms with van der Waals surface area (Å²) in [6, 6.07) is 151. The lowest BCUT2D eigenvalue weighted by Crippen LogP contribution is -2.28. The topological polar surface area (TPSA) is 24.1 Å². The van der Waals surface area contributed by atoms with E-state index in [1.165, 1.54) is 171 Å². The molecular formula is C114H77N5. The lowest BCUT2D eigenvalue weighted by molar-refractivity contribution is 0.660. The van der Waals surface area contributed by atoms with E-state index in [-0.39, 0.29) is 5.41 Å². The lowest BCUT2D eigenvalue weighted by atomic mass is 9.67. The highest BCUT2D eigenvalue weighted by Crippen LogP contribution is 2.57. The minimum atomic E-state index is -0.485. The van der Waals surface area contributed by atoms with Gasteiger partial charge in [-0.25, -0.2) is 4.85 Å². The van der Waals surface area contributed by atoms with Crippen molar-refractivity contribution in [2.45, 2.75) is 31.6 Å². The number of aromatic nitrogens is 4. The molecule has 0 spiro atoms. The monoisotopic (exact) mass is 1520 g/mol. The SMILES string of the molecule is Cc1ccc2c(c1)c1cc(-c3ccc4c(c3)c3ccccc3n4-c3ccc4c(c3)C(C)(C)c3ccccc3-4)ccc1n2-c1ccc(-c2ccccc2)cc1.[C-]#[N+]c1ccc2c3cc(-c4ccc5c(c4)c4ccccc4n5-c4ccc5c(c4)C(c4ccccc4)(c4ccccc4)c4ccccc4-5)ccc3n(-c3ccc(-c4ccccc4)cc3)c2c1. The molecule has 0 bridgehead atoms. The van der Waals surface area contributed by atoms with Gasteiger partial charge in [-0.3, -0.25) is 0 Å². The fraction of sp³-hybridized carbons (Fsp3) is 0.0439. The Morgan fingerprint density at radius 1 is 0.218 bits per heavy atom. The van der Waals surface area contributed by atoms with Gasteiger partial charge in [-0.15, -0.1) is 0 Å². The van der Waals surface area contributed by atoms with Crippen molar-refractivity contribution >= 4 is 92.9 Å². The molecule has 18 aromatic carbocycles. The zero-order chi connectivity index (χ0) is 79.2. The van der Waals surface area contributed by atoms with E-state index >= 15 is 0 Å². The molecule has 0 N–H and O–H groups in total. The smallest absolute Gasteiger partial charge is 0.189 e. The first kappa shape index (κ1) is 69.2. The predicted octanol–water partition coefficient (Wildman–Crippen LogP) is 30.0. The van der Waals surface area contributed by atoms with Gasteiger partial charge in [0.1, 0.15) is 0 Å². The summed E-state index contributed by atoms with van der Waals surface area (Å²) in [7, 11) is 0. The molecule has 0 aliphatic heterocycles. The molecule has 2 aliphatic rings. The van der Waals surface area contributed by atoms with Crippen molar-refractivity contribution in [1.29, 1.82) is 0 Å². The number of aryl methyl sites for hydroxylation is 1. The standard InChI is InChI=1S/C62H39N3.C52H38N2/c1-63-47-29-33-53-55-38-44(27-35-59(55)64(61(53)39-47)48-30-25-42(26-31-48)41-15-5-2-6-16-41)43-28-36-60-54(37-43)52-22-12-14-24-58(52)65(60)49-32-34-51-50-21-11-13-23-56(50)62(57(51)40-49,45-17-7-3-8-18-45)46-19-9-4-10-20-46;1-33-17-26-49-43(29-33)45-31-37(21-28-51(45)53(49)38-22-18-35(19-23-38)34-11-5-4-6-12-34)36-20-27-50-44(30-36)42-14-8-10-16-48(42)54(50)39-24-25-41-40-13-7-9-15-46(40)52(2,3)47(41)32-39/h2-40H;4-32H,1-3H3. The van der Waals surface area contributed by atoms with Crippen LogP contribution in [0.2, 0.25) is 0 Å². The van der Waals surface area contributed by atoms with Crippen LogP contribution < -0.4 is 0 Å². The van der Waals surface area contributed by atoms with Crippen molar-refractivity contribution in [2.24, 2.45) is 0 Å². The van der Waals surface area contributed by atoms with E-state index in [0.29, 0.717) is 5.69 Å². The third kappa shape index (κ3) is 10.8. The molecule has 0 saturated heterocycles. The average molecular weight is 1520 g/mol. The average Bonchev–Trinajstić information content (AvgIpc) is 1.59. The number of nitrogens with zero attached hydrogens (tertiary/aromatic N) is 5. The Morgan fingerprint density at radius 3 is 1.03 bits per heavy atom. The molecule has 5 nitrogen and oxygen atoms in total.